The van der Waals surface area contributed by atoms with Gasteiger partial charge in [-0.25, -0.2) is 4.79 Å². The molecule has 2 rings (SSSR count). The van der Waals surface area contributed by atoms with Crippen molar-refractivity contribution in [2.24, 2.45) is 5.10 Å². The smallest absolute Gasteiger partial charge is 0.362 e. The fraction of sp³-hybridized carbons (Fsp3) is 0.438. The average Bonchev–Trinajstić information content (AvgIpc) is 3.26. The molecular formula is C16H20N2O3. The van der Waals surface area contributed by atoms with Crippen LogP contribution in [0.3, 0.4) is 0 Å². The summed E-state index contributed by atoms with van der Waals surface area (Å²) in [5, 5.41) is 3.96. The molecule has 1 aromatic carbocycles. The van der Waals surface area contributed by atoms with Crippen LogP contribution in [0.25, 0.3) is 0 Å². The number of benzene rings is 1. The molecule has 21 heavy (non-hydrogen) atoms. The zero-order valence-electron chi connectivity index (χ0n) is 12.4. The Bertz CT molecular complexity index is 545. The Morgan fingerprint density at radius 3 is 2.52 bits per heavy atom. The Hall–Kier alpha value is -2.17. The highest BCUT2D eigenvalue weighted by atomic mass is 16.5. The molecule has 0 heterocycles. The third-order valence-electron chi connectivity index (χ3n) is 3.15. The Kier molecular flexibility index (Phi) is 5.09. The molecule has 0 radical (unpaired) electrons. The average molecular weight is 288 g/mol. The van der Waals surface area contributed by atoms with E-state index in [2.05, 4.69) is 10.5 Å². The van der Waals surface area contributed by atoms with Crippen LogP contribution in [0, 0.1) is 6.92 Å². The normalized spacial score (nSPS) is 14.7. The van der Waals surface area contributed by atoms with Crippen LogP contribution < -0.4 is 5.43 Å². The highest BCUT2D eigenvalue weighted by Crippen LogP contribution is 2.18. The zero-order valence-corrected chi connectivity index (χ0v) is 12.4. The van der Waals surface area contributed by atoms with E-state index in [4.69, 9.17) is 4.74 Å². The van der Waals surface area contributed by atoms with Crippen molar-refractivity contribution >= 4 is 17.5 Å². The van der Waals surface area contributed by atoms with Crippen molar-refractivity contribution in [3.05, 3.63) is 35.4 Å². The summed E-state index contributed by atoms with van der Waals surface area (Å²) in [6, 6.07) is 7.91. The summed E-state index contributed by atoms with van der Waals surface area (Å²) in [6.07, 6.45) is 2.18. The van der Waals surface area contributed by atoms with Gasteiger partial charge in [-0.05, 0) is 32.3 Å². The fourth-order valence-electron chi connectivity index (χ4n) is 1.76. The molecule has 1 N–H and O–H groups in total. The maximum absolute atomic E-state index is 12.3. The van der Waals surface area contributed by atoms with E-state index in [9.17, 15) is 9.59 Å². The summed E-state index contributed by atoms with van der Waals surface area (Å²) in [5.74, 6) is -0.992. The number of hydrogen-bond donors (Lipinski definition) is 1. The number of Topliss-reactive ketones (excluding diaryl/α,β-unsaturated/α-hetero) is 1. The SMILES string of the molecule is CCOC(=O)/C(=N/NC1CC1)C(=O)Cc1ccc(C)cc1. The molecule has 0 atom stereocenters. The number of hydrogen-bond acceptors (Lipinski definition) is 5. The Morgan fingerprint density at radius 2 is 1.95 bits per heavy atom. The van der Waals surface area contributed by atoms with Crippen molar-refractivity contribution in [2.75, 3.05) is 6.61 Å². The second kappa shape index (κ2) is 7.02. The molecule has 112 valence electrons. The predicted octanol–water partition coefficient (Wildman–Crippen LogP) is 1.78. The first-order valence-electron chi connectivity index (χ1n) is 7.19. The molecule has 1 aliphatic rings. The maximum Gasteiger partial charge on any atom is 0.362 e. The van der Waals surface area contributed by atoms with Gasteiger partial charge in [-0.3, -0.25) is 4.79 Å². The minimum Gasteiger partial charge on any atom is -0.461 e. The first-order chi connectivity index (χ1) is 10.1. The molecule has 0 amide bonds. The molecular weight excluding hydrogens is 268 g/mol. The predicted molar refractivity (Wildman–Crippen MR) is 80.1 cm³/mol. The molecule has 0 saturated heterocycles. The topological polar surface area (TPSA) is 67.8 Å². The van der Waals surface area contributed by atoms with Crippen molar-refractivity contribution in [1.29, 1.82) is 0 Å². The number of nitrogens with one attached hydrogen (secondary N) is 1. The molecule has 1 aromatic rings. The summed E-state index contributed by atoms with van der Waals surface area (Å²) in [5.41, 5.74) is 4.67. The Morgan fingerprint density at radius 1 is 1.29 bits per heavy atom. The number of ketones is 1. The van der Waals surface area contributed by atoms with Crippen LogP contribution >= 0.6 is 0 Å². The number of ether oxygens (including phenoxy) is 1. The van der Waals surface area contributed by atoms with Gasteiger partial charge >= 0.3 is 5.97 Å². The lowest BCUT2D eigenvalue weighted by Gasteiger charge is -2.06. The van der Waals surface area contributed by atoms with Gasteiger partial charge in [0, 0.05) is 12.5 Å². The van der Waals surface area contributed by atoms with Gasteiger partial charge in [0.25, 0.3) is 0 Å². The van der Waals surface area contributed by atoms with Crippen LogP contribution in [0.1, 0.15) is 30.9 Å². The maximum atomic E-state index is 12.3. The van der Waals surface area contributed by atoms with E-state index in [1.807, 2.05) is 31.2 Å². The zero-order chi connectivity index (χ0) is 15.2. The number of nitrogens with zero attached hydrogens (tertiary/aromatic N) is 1. The molecule has 5 nitrogen and oxygen atoms in total. The Labute approximate surface area is 124 Å². The number of carbonyl (C=O) groups excluding carboxylic acids is 2. The molecule has 0 unspecified atom stereocenters. The van der Waals surface area contributed by atoms with Crippen molar-refractivity contribution in [3.8, 4) is 0 Å². The molecule has 1 saturated carbocycles. The summed E-state index contributed by atoms with van der Waals surface area (Å²) < 4.78 is 4.90. The first-order valence-corrected chi connectivity index (χ1v) is 7.19. The van der Waals surface area contributed by atoms with Crippen molar-refractivity contribution in [2.45, 2.75) is 39.2 Å². The van der Waals surface area contributed by atoms with E-state index >= 15 is 0 Å². The van der Waals surface area contributed by atoms with Gasteiger partial charge in [0.05, 0.1) is 6.61 Å². The molecule has 0 bridgehead atoms. The highest BCUT2D eigenvalue weighted by Gasteiger charge is 2.25. The molecule has 0 aliphatic heterocycles. The van der Waals surface area contributed by atoms with Crippen LogP contribution in [0.15, 0.2) is 29.4 Å². The number of carbonyl (C=O) groups is 2. The minimum atomic E-state index is -0.664. The van der Waals surface area contributed by atoms with Gasteiger partial charge in [0.1, 0.15) is 0 Å². The van der Waals surface area contributed by atoms with Crippen LogP contribution in [0.2, 0.25) is 0 Å². The second-order valence-corrected chi connectivity index (χ2v) is 5.17. The van der Waals surface area contributed by atoms with Crippen molar-refractivity contribution < 1.29 is 14.3 Å². The van der Waals surface area contributed by atoms with Crippen LogP contribution in [-0.4, -0.2) is 30.1 Å². The second-order valence-electron chi connectivity index (χ2n) is 5.17. The van der Waals surface area contributed by atoms with E-state index in [-0.39, 0.29) is 30.6 Å². The molecule has 0 spiro atoms. The molecule has 1 aliphatic carbocycles. The quantitative estimate of drug-likeness (QED) is 0.359. The molecule has 0 aromatic heterocycles. The van der Waals surface area contributed by atoms with Gasteiger partial charge in [-0.1, -0.05) is 29.8 Å². The van der Waals surface area contributed by atoms with Gasteiger partial charge in [-0.15, -0.1) is 0 Å². The molecule has 1 fully saturated rings. The monoisotopic (exact) mass is 288 g/mol. The number of aryl methyl sites for hydroxylation is 1. The van der Waals surface area contributed by atoms with Gasteiger partial charge < -0.3 is 10.2 Å². The lowest BCUT2D eigenvalue weighted by Crippen LogP contribution is -2.30. The van der Waals surface area contributed by atoms with Gasteiger partial charge in [0.15, 0.2) is 5.78 Å². The van der Waals surface area contributed by atoms with E-state index in [0.717, 1.165) is 24.0 Å². The van der Waals surface area contributed by atoms with E-state index in [1.165, 1.54) is 0 Å². The summed E-state index contributed by atoms with van der Waals surface area (Å²) >= 11 is 0. The van der Waals surface area contributed by atoms with E-state index in [1.54, 1.807) is 6.92 Å². The van der Waals surface area contributed by atoms with Crippen LogP contribution in [0.5, 0.6) is 0 Å². The minimum absolute atomic E-state index is 0.143. The number of esters is 1. The van der Waals surface area contributed by atoms with Crippen molar-refractivity contribution in [1.82, 2.24) is 5.43 Å². The molecule has 5 heteroatoms. The number of rotatable bonds is 7. The van der Waals surface area contributed by atoms with E-state index in [0.29, 0.717) is 0 Å². The fourth-order valence-corrected chi connectivity index (χ4v) is 1.76. The Balaban J connectivity index is 2.07. The van der Waals surface area contributed by atoms with Gasteiger partial charge in [0.2, 0.25) is 5.71 Å². The standard InChI is InChI=1S/C16H20N2O3/c1-3-21-16(20)15(18-17-13-8-9-13)14(19)10-12-6-4-11(2)5-7-12/h4-7,13,17H,3,8-10H2,1-2H3/b18-15+. The highest BCUT2D eigenvalue weighted by molar-refractivity contribution is 6.64. The van der Waals surface area contributed by atoms with Crippen LogP contribution in [-0.2, 0) is 20.7 Å². The lowest BCUT2D eigenvalue weighted by molar-refractivity contribution is -0.135. The first kappa shape index (κ1) is 15.2. The van der Waals surface area contributed by atoms with E-state index < -0.39 is 5.97 Å². The van der Waals surface area contributed by atoms with Crippen molar-refractivity contribution in [3.63, 3.8) is 0 Å². The third-order valence-corrected chi connectivity index (χ3v) is 3.15. The summed E-state index contributed by atoms with van der Waals surface area (Å²) in [7, 11) is 0. The summed E-state index contributed by atoms with van der Waals surface area (Å²) in [6.45, 7) is 3.91. The lowest BCUT2D eigenvalue weighted by atomic mass is 10.0. The van der Waals surface area contributed by atoms with Crippen LogP contribution in [0.4, 0.5) is 0 Å². The number of hydrazone groups is 1. The summed E-state index contributed by atoms with van der Waals surface area (Å²) in [4.78, 5) is 24.1. The third kappa shape index (κ3) is 4.70. The van der Waals surface area contributed by atoms with Gasteiger partial charge in [-0.2, -0.15) is 5.10 Å². The largest absolute Gasteiger partial charge is 0.461 e.